The van der Waals surface area contributed by atoms with Gasteiger partial charge < -0.3 is 14.2 Å². The van der Waals surface area contributed by atoms with Gasteiger partial charge in [0.2, 0.25) is 0 Å². The van der Waals surface area contributed by atoms with Crippen molar-refractivity contribution in [1.82, 2.24) is 0 Å². The third kappa shape index (κ3) is 54.9. The van der Waals surface area contributed by atoms with Crippen LogP contribution in [0.5, 0.6) is 0 Å². The van der Waals surface area contributed by atoms with Crippen molar-refractivity contribution in [3.63, 3.8) is 0 Å². The number of ether oxygens (including phenoxy) is 3. The monoisotopic (exact) mass is 957 g/mol. The van der Waals surface area contributed by atoms with Crippen LogP contribution in [-0.2, 0) is 28.6 Å². The Hall–Kier alpha value is -3.93. The van der Waals surface area contributed by atoms with Crippen LogP contribution in [0.2, 0.25) is 0 Å². The molecule has 0 rings (SSSR count). The van der Waals surface area contributed by atoms with E-state index in [0.29, 0.717) is 19.3 Å². The zero-order valence-corrected chi connectivity index (χ0v) is 44.8. The van der Waals surface area contributed by atoms with Gasteiger partial charge in [-0.05, 0) is 96.3 Å². The molecular formula is C63H104O6. The quantitative estimate of drug-likeness (QED) is 0.0262. The Labute approximate surface area is 425 Å². The lowest BCUT2D eigenvalue weighted by Crippen LogP contribution is -2.30. The molecule has 0 aromatic carbocycles. The standard InChI is InChI=1S/C63H104O6/c1-4-7-10-13-16-19-22-25-28-30-32-35-38-41-44-47-50-53-56-62(65)68-59-60(58-67-61(64)55-52-49-46-43-40-37-34-27-24-21-18-15-12-9-6-3)69-63(66)57-54-51-48-45-42-39-36-33-31-29-26-23-20-17-14-11-8-5-2/h16,18-19,21-33,35-36,60H,4-15,17,20,34,37-59H2,1-3H3/b19-16-,21-18-,25-22-,26-23-,27-24-,30-28-,31-29-,35-32-,36-33-. The number of hydrogen-bond donors (Lipinski definition) is 0. The Balaban J connectivity index is 4.52. The Morgan fingerprint density at radius 3 is 0.855 bits per heavy atom. The fourth-order valence-corrected chi connectivity index (χ4v) is 7.56. The summed E-state index contributed by atoms with van der Waals surface area (Å²) in [6, 6.07) is 0. The third-order valence-electron chi connectivity index (χ3n) is 11.9. The van der Waals surface area contributed by atoms with Crippen molar-refractivity contribution in [3.05, 3.63) is 109 Å². The largest absolute Gasteiger partial charge is 0.462 e. The number of esters is 3. The molecule has 0 bridgehead atoms. The van der Waals surface area contributed by atoms with E-state index in [9.17, 15) is 14.4 Å². The summed E-state index contributed by atoms with van der Waals surface area (Å²) in [5.41, 5.74) is 0. The summed E-state index contributed by atoms with van der Waals surface area (Å²) < 4.78 is 16.8. The molecule has 0 saturated heterocycles. The molecule has 0 aromatic heterocycles. The molecule has 0 spiro atoms. The maximum Gasteiger partial charge on any atom is 0.306 e. The second-order valence-corrected chi connectivity index (χ2v) is 18.7. The SMILES string of the molecule is CCCCC\C=C/C=C\C=C/C=C\CCCCCCCC(=O)OCC(COC(=O)CCCCCCCC/C=C\C=C/CCCCC)OC(=O)CCCCCCC\C=C/C=C\C=C/CCCCCCC. The normalized spacial score (nSPS) is 12.9. The molecule has 0 aliphatic rings. The molecule has 0 fully saturated rings. The van der Waals surface area contributed by atoms with Crippen molar-refractivity contribution >= 4 is 17.9 Å². The summed E-state index contributed by atoms with van der Waals surface area (Å²) in [7, 11) is 0. The molecule has 0 amide bonds. The number of carbonyl (C=O) groups excluding carboxylic acids is 3. The van der Waals surface area contributed by atoms with Crippen LogP contribution in [0.25, 0.3) is 0 Å². The fraction of sp³-hybridized carbons (Fsp3) is 0.667. The Kier molecular flexibility index (Phi) is 53.4. The molecule has 0 aliphatic carbocycles. The first-order valence-electron chi connectivity index (χ1n) is 28.5. The Bertz CT molecular complexity index is 1420. The minimum absolute atomic E-state index is 0.102. The second kappa shape index (κ2) is 56.7. The van der Waals surface area contributed by atoms with Crippen molar-refractivity contribution in [3.8, 4) is 0 Å². The van der Waals surface area contributed by atoms with Crippen LogP contribution in [-0.4, -0.2) is 37.2 Å². The first-order valence-corrected chi connectivity index (χ1v) is 28.5. The highest BCUT2D eigenvalue weighted by molar-refractivity contribution is 5.71. The zero-order valence-electron chi connectivity index (χ0n) is 44.8. The molecule has 69 heavy (non-hydrogen) atoms. The van der Waals surface area contributed by atoms with Gasteiger partial charge in [-0.2, -0.15) is 0 Å². The van der Waals surface area contributed by atoms with Crippen LogP contribution in [0.3, 0.4) is 0 Å². The highest BCUT2D eigenvalue weighted by atomic mass is 16.6. The lowest BCUT2D eigenvalue weighted by Gasteiger charge is -2.18. The van der Waals surface area contributed by atoms with E-state index in [1.807, 2.05) is 0 Å². The molecule has 0 radical (unpaired) electrons. The Morgan fingerprint density at radius 1 is 0.290 bits per heavy atom. The molecule has 392 valence electrons. The molecular weight excluding hydrogens is 853 g/mol. The van der Waals surface area contributed by atoms with Gasteiger partial charge in [0.25, 0.3) is 0 Å². The van der Waals surface area contributed by atoms with E-state index in [4.69, 9.17) is 14.2 Å². The summed E-state index contributed by atoms with van der Waals surface area (Å²) in [6.07, 6.45) is 76.3. The molecule has 0 aromatic rings. The molecule has 0 aliphatic heterocycles. The summed E-state index contributed by atoms with van der Waals surface area (Å²) in [5, 5.41) is 0. The van der Waals surface area contributed by atoms with Crippen molar-refractivity contribution < 1.29 is 28.6 Å². The van der Waals surface area contributed by atoms with Crippen LogP contribution < -0.4 is 0 Å². The van der Waals surface area contributed by atoms with Crippen molar-refractivity contribution in [2.75, 3.05) is 13.2 Å². The lowest BCUT2D eigenvalue weighted by molar-refractivity contribution is -0.167. The van der Waals surface area contributed by atoms with Gasteiger partial charge >= 0.3 is 17.9 Å². The van der Waals surface area contributed by atoms with Gasteiger partial charge in [0.05, 0.1) is 0 Å². The van der Waals surface area contributed by atoms with E-state index in [1.54, 1.807) is 0 Å². The van der Waals surface area contributed by atoms with Crippen molar-refractivity contribution in [2.24, 2.45) is 0 Å². The van der Waals surface area contributed by atoms with E-state index in [0.717, 1.165) is 122 Å². The highest BCUT2D eigenvalue weighted by Gasteiger charge is 2.19. The minimum atomic E-state index is -0.807. The average Bonchev–Trinajstić information content (AvgIpc) is 3.35. The molecule has 0 N–H and O–H groups in total. The van der Waals surface area contributed by atoms with Crippen molar-refractivity contribution in [2.45, 2.75) is 258 Å². The molecule has 6 heteroatoms. The van der Waals surface area contributed by atoms with Gasteiger partial charge in [-0.15, -0.1) is 0 Å². The fourth-order valence-electron chi connectivity index (χ4n) is 7.56. The molecule has 6 nitrogen and oxygen atoms in total. The van der Waals surface area contributed by atoms with Gasteiger partial charge in [-0.25, -0.2) is 0 Å². The van der Waals surface area contributed by atoms with Crippen molar-refractivity contribution in [1.29, 1.82) is 0 Å². The zero-order chi connectivity index (χ0) is 50.0. The van der Waals surface area contributed by atoms with Gasteiger partial charge in [0, 0.05) is 19.3 Å². The maximum absolute atomic E-state index is 12.9. The molecule has 0 saturated carbocycles. The average molecular weight is 958 g/mol. The number of allylic oxidation sites excluding steroid dienone is 18. The van der Waals surface area contributed by atoms with E-state index in [1.165, 1.54) is 89.9 Å². The van der Waals surface area contributed by atoms with E-state index in [2.05, 4.69) is 130 Å². The Morgan fingerprint density at radius 2 is 0.522 bits per heavy atom. The topological polar surface area (TPSA) is 78.9 Å². The van der Waals surface area contributed by atoms with E-state index >= 15 is 0 Å². The van der Waals surface area contributed by atoms with Gasteiger partial charge in [0.1, 0.15) is 13.2 Å². The predicted molar refractivity (Wildman–Crippen MR) is 297 cm³/mol. The van der Waals surface area contributed by atoms with Crippen LogP contribution in [0.4, 0.5) is 0 Å². The summed E-state index contributed by atoms with van der Waals surface area (Å²) >= 11 is 0. The van der Waals surface area contributed by atoms with E-state index in [-0.39, 0.29) is 31.1 Å². The molecule has 1 unspecified atom stereocenters. The summed E-state index contributed by atoms with van der Waals surface area (Å²) in [6.45, 7) is 6.51. The number of hydrogen-bond acceptors (Lipinski definition) is 6. The van der Waals surface area contributed by atoms with Crippen LogP contribution in [0.1, 0.15) is 252 Å². The predicted octanol–water partition coefficient (Wildman–Crippen LogP) is 19.1. The van der Waals surface area contributed by atoms with Crippen LogP contribution in [0, 0.1) is 0 Å². The lowest BCUT2D eigenvalue weighted by atomic mass is 10.1. The van der Waals surface area contributed by atoms with Gasteiger partial charge in [-0.1, -0.05) is 246 Å². The first-order chi connectivity index (χ1) is 34.0. The van der Waals surface area contributed by atoms with Gasteiger partial charge in [0.15, 0.2) is 6.10 Å². The second-order valence-electron chi connectivity index (χ2n) is 18.7. The van der Waals surface area contributed by atoms with Gasteiger partial charge in [-0.3, -0.25) is 14.4 Å². The smallest absolute Gasteiger partial charge is 0.306 e. The highest BCUT2D eigenvalue weighted by Crippen LogP contribution is 2.14. The van der Waals surface area contributed by atoms with Crippen LogP contribution >= 0.6 is 0 Å². The third-order valence-corrected chi connectivity index (χ3v) is 11.9. The molecule has 1 atom stereocenters. The molecule has 0 heterocycles. The maximum atomic E-state index is 12.9. The van der Waals surface area contributed by atoms with E-state index < -0.39 is 6.10 Å². The first kappa shape index (κ1) is 65.1. The number of carbonyl (C=O) groups is 3. The van der Waals surface area contributed by atoms with Crippen LogP contribution in [0.15, 0.2) is 109 Å². The number of rotatable bonds is 50. The summed E-state index contributed by atoms with van der Waals surface area (Å²) in [5.74, 6) is -0.956. The number of unbranched alkanes of at least 4 members (excludes halogenated alkanes) is 27. The summed E-state index contributed by atoms with van der Waals surface area (Å²) in [4.78, 5) is 38.2. The minimum Gasteiger partial charge on any atom is -0.462 e.